The smallest absolute Gasteiger partial charge is 0.315 e. The number of amides is 2. The number of benzene rings is 1. The van der Waals surface area contributed by atoms with Crippen LogP contribution in [0.25, 0.3) is 0 Å². The Kier molecular flexibility index (Phi) is 6.02. The number of carbonyl (C=O) groups is 1. The Morgan fingerprint density at radius 3 is 2.48 bits per heavy atom. The van der Waals surface area contributed by atoms with Crippen LogP contribution in [0.1, 0.15) is 36.5 Å². The highest BCUT2D eigenvalue weighted by molar-refractivity contribution is 5.74. The van der Waals surface area contributed by atoms with E-state index in [1.54, 1.807) is 0 Å². The fourth-order valence-corrected chi connectivity index (χ4v) is 3.04. The van der Waals surface area contributed by atoms with Gasteiger partial charge in [0.15, 0.2) is 0 Å². The lowest BCUT2D eigenvalue weighted by Gasteiger charge is -2.32. The average molecular weight is 320 g/mol. The Morgan fingerprint density at radius 2 is 1.87 bits per heavy atom. The van der Waals surface area contributed by atoms with Crippen molar-refractivity contribution in [2.45, 2.75) is 51.7 Å². The summed E-state index contributed by atoms with van der Waals surface area (Å²) in [5.74, 6) is 0. The molecule has 1 heterocycles. The van der Waals surface area contributed by atoms with Crippen LogP contribution in [0.3, 0.4) is 0 Å². The fraction of sp³-hybridized carbons (Fsp3) is 0.611. The van der Waals surface area contributed by atoms with Gasteiger partial charge in [0.25, 0.3) is 0 Å². The number of hydrogen-bond donors (Lipinski definition) is 3. The minimum atomic E-state index is -0.841. The van der Waals surface area contributed by atoms with E-state index in [9.17, 15) is 9.90 Å². The summed E-state index contributed by atoms with van der Waals surface area (Å²) in [7, 11) is 0. The summed E-state index contributed by atoms with van der Waals surface area (Å²) in [5.41, 5.74) is 2.85. The van der Waals surface area contributed by atoms with Crippen LogP contribution in [0.4, 0.5) is 4.79 Å². The molecule has 0 aromatic heterocycles. The van der Waals surface area contributed by atoms with Gasteiger partial charge in [0.05, 0.1) is 5.60 Å². The zero-order chi connectivity index (χ0) is 16.9. The van der Waals surface area contributed by atoms with Gasteiger partial charge in [0.1, 0.15) is 0 Å². The van der Waals surface area contributed by atoms with E-state index in [0.717, 1.165) is 6.42 Å². The van der Waals surface area contributed by atoms with Crippen molar-refractivity contribution in [3.05, 3.63) is 34.9 Å². The molecule has 1 aliphatic rings. The maximum Gasteiger partial charge on any atom is 0.315 e. The molecule has 5 heteroatoms. The second-order valence-electron chi connectivity index (χ2n) is 6.76. The van der Waals surface area contributed by atoms with Crippen LogP contribution >= 0.6 is 0 Å². The Labute approximate surface area is 138 Å². The molecule has 1 atom stereocenters. The molecule has 1 aromatic rings. The highest BCUT2D eigenvalue weighted by Crippen LogP contribution is 2.19. The van der Waals surface area contributed by atoms with Gasteiger partial charge >= 0.3 is 6.03 Å². The molecule has 5 nitrogen and oxygen atoms in total. The zero-order valence-electron chi connectivity index (χ0n) is 14.3. The first kappa shape index (κ1) is 17.8. The van der Waals surface area contributed by atoms with Gasteiger partial charge in [-0.05, 0) is 32.8 Å². The van der Waals surface area contributed by atoms with E-state index in [1.807, 2.05) is 6.92 Å². The summed E-state index contributed by atoms with van der Waals surface area (Å²) in [6.07, 6.45) is 1.91. The molecule has 0 saturated carbocycles. The number of rotatable bonds is 5. The Balaban J connectivity index is 1.78. The van der Waals surface area contributed by atoms with Gasteiger partial charge in [-0.2, -0.15) is 0 Å². The molecule has 2 amide bonds. The van der Waals surface area contributed by atoms with E-state index >= 15 is 0 Å². The van der Waals surface area contributed by atoms with Gasteiger partial charge in [0, 0.05) is 38.6 Å². The minimum Gasteiger partial charge on any atom is -0.388 e. The van der Waals surface area contributed by atoms with Gasteiger partial charge in [-0.25, -0.2) is 4.79 Å². The first-order chi connectivity index (χ1) is 10.9. The van der Waals surface area contributed by atoms with Crippen molar-refractivity contribution >= 4 is 6.03 Å². The SMILES string of the molecule is Cc1cc(C)cc(CC(C)NC(=O)NCC2(O)CCOCC2)c1. The predicted octanol–water partition coefficient (Wildman–Crippen LogP) is 2.08. The quantitative estimate of drug-likeness (QED) is 0.778. The first-order valence-corrected chi connectivity index (χ1v) is 8.28. The van der Waals surface area contributed by atoms with E-state index in [4.69, 9.17) is 4.74 Å². The Hall–Kier alpha value is -1.59. The average Bonchev–Trinajstić information content (AvgIpc) is 2.45. The summed E-state index contributed by atoms with van der Waals surface area (Å²) in [4.78, 5) is 12.0. The number of nitrogens with one attached hydrogen (secondary N) is 2. The molecule has 0 spiro atoms. The molecular formula is C18H28N2O3. The minimum absolute atomic E-state index is 0.0283. The van der Waals surface area contributed by atoms with Crippen molar-refractivity contribution in [1.29, 1.82) is 0 Å². The lowest BCUT2D eigenvalue weighted by Crippen LogP contribution is -2.50. The number of aliphatic hydroxyl groups is 1. The monoisotopic (exact) mass is 320 g/mol. The maximum absolute atomic E-state index is 12.0. The van der Waals surface area contributed by atoms with Crippen molar-refractivity contribution in [3.8, 4) is 0 Å². The van der Waals surface area contributed by atoms with E-state index in [0.29, 0.717) is 26.1 Å². The van der Waals surface area contributed by atoms with Gasteiger partial charge in [0.2, 0.25) is 0 Å². The highest BCUT2D eigenvalue weighted by Gasteiger charge is 2.30. The van der Waals surface area contributed by atoms with Gasteiger partial charge in [-0.3, -0.25) is 0 Å². The van der Waals surface area contributed by atoms with Gasteiger partial charge in [-0.15, -0.1) is 0 Å². The van der Waals surface area contributed by atoms with Crippen molar-refractivity contribution in [2.75, 3.05) is 19.8 Å². The number of carbonyl (C=O) groups excluding carboxylic acids is 1. The molecule has 0 aliphatic carbocycles. The van der Waals surface area contributed by atoms with Crippen LogP contribution in [0.15, 0.2) is 18.2 Å². The molecule has 1 unspecified atom stereocenters. The van der Waals surface area contributed by atoms with E-state index < -0.39 is 5.60 Å². The Bertz CT molecular complexity index is 519. The first-order valence-electron chi connectivity index (χ1n) is 8.28. The molecule has 1 saturated heterocycles. The second kappa shape index (κ2) is 7.79. The summed E-state index contributed by atoms with van der Waals surface area (Å²) in [6, 6.07) is 6.23. The number of aryl methyl sites for hydroxylation is 2. The molecule has 1 aliphatic heterocycles. The van der Waals surface area contributed by atoms with Crippen molar-refractivity contribution in [1.82, 2.24) is 10.6 Å². The molecule has 1 aromatic carbocycles. The van der Waals surface area contributed by atoms with Crippen molar-refractivity contribution < 1.29 is 14.6 Å². The van der Waals surface area contributed by atoms with Crippen LogP contribution in [0.5, 0.6) is 0 Å². The number of ether oxygens (including phenoxy) is 1. The normalized spacial score (nSPS) is 18.3. The summed E-state index contributed by atoms with van der Waals surface area (Å²) >= 11 is 0. The van der Waals surface area contributed by atoms with Crippen molar-refractivity contribution in [2.24, 2.45) is 0 Å². The van der Waals surface area contributed by atoms with Crippen LogP contribution in [-0.2, 0) is 11.2 Å². The molecule has 1 fully saturated rings. The van der Waals surface area contributed by atoms with Crippen LogP contribution < -0.4 is 10.6 Å². The zero-order valence-corrected chi connectivity index (χ0v) is 14.3. The lowest BCUT2D eigenvalue weighted by molar-refractivity contribution is -0.0600. The number of hydrogen-bond acceptors (Lipinski definition) is 3. The molecule has 128 valence electrons. The van der Waals surface area contributed by atoms with E-state index in [-0.39, 0.29) is 18.6 Å². The molecule has 23 heavy (non-hydrogen) atoms. The topological polar surface area (TPSA) is 70.6 Å². The maximum atomic E-state index is 12.0. The van der Waals surface area contributed by atoms with Gasteiger partial charge in [-0.1, -0.05) is 29.3 Å². The lowest BCUT2D eigenvalue weighted by atomic mass is 9.94. The van der Waals surface area contributed by atoms with E-state index in [1.165, 1.54) is 16.7 Å². The molecule has 0 bridgehead atoms. The summed E-state index contributed by atoms with van der Waals surface area (Å²) in [6.45, 7) is 7.50. The largest absolute Gasteiger partial charge is 0.388 e. The molecule has 3 N–H and O–H groups in total. The summed E-state index contributed by atoms with van der Waals surface area (Å²) < 4.78 is 5.23. The molecular weight excluding hydrogens is 292 g/mol. The second-order valence-corrected chi connectivity index (χ2v) is 6.76. The van der Waals surface area contributed by atoms with Crippen LogP contribution in [0.2, 0.25) is 0 Å². The van der Waals surface area contributed by atoms with Gasteiger partial charge < -0.3 is 20.5 Å². The Morgan fingerprint density at radius 1 is 1.26 bits per heavy atom. The summed E-state index contributed by atoms with van der Waals surface area (Å²) in [5, 5.41) is 16.0. The third-order valence-corrected chi connectivity index (χ3v) is 4.20. The van der Waals surface area contributed by atoms with E-state index in [2.05, 4.69) is 42.7 Å². The third-order valence-electron chi connectivity index (χ3n) is 4.20. The van der Waals surface area contributed by atoms with Crippen molar-refractivity contribution in [3.63, 3.8) is 0 Å². The molecule has 2 rings (SSSR count). The van der Waals surface area contributed by atoms with Crippen LogP contribution in [0, 0.1) is 13.8 Å². The predicted molar refractivity (Wildman–Crippen MR) is 90.6 cm³/mol. The standard InChI is InChI=1S/C18H28N2O3/c1-13-8-14(2)10-16(9-13)11-15(3)20-17(21)19-12-18(22)4-6-23-7-5-18/h8-10,15,22H,4-7,11-12H2,1-3H3,(H2,19,20,21). The molecule has 0 radical (unpaired) electrons. The fourth-order valence-electron chi connectivity index (χ4n) is 3.04. The number of urea groups is 1. The third kappa shape index (κ3) is 5.84. The van der Waals surface area contributed by atoms with Crippen LogP contribution in [-0.4, -0.2) is 42.5 Å². The highest BCUT2D eigenvalue weighted by atomic mass is 16.5.